The number of nitrogens with one attached hydrogen (secondary N) is 1. The lowest BCUT2D eigenvalue weighted by molar-refractivity contribution is 0.0954. The van der Waals surface area contributed by atoms with Crippen LogP contribution in [0.2, 0.25) is 0 Å². The molecule has 6 heteroatoms. The highest BCUT2D eigenvalue weighted by molar-refractivity contribution is 6.04. The number of hydrazone groups is 1. The molecule has 0 aliphatic carbocycles. The van der Waals surface area contributed by atoms with Gasteiger partial charge in [0.25, 0.3) is 5.91 Å². The maximum absolute atomic E-state index is 13.4. The average molecular weight is 344 g/mol. The Morgan fingerprint density at radius 3 is 2.52 bits per heavy atom. The number of hydrogen-bond donors (Lipinski definition) is 2. The highest BCUT2D eigenvalue weighted by Crippen LogP contribution is 2.20. The molecule has 2 aromatic rings. The molecule has 0 spiro atoms. The summed E-state index contributed by atoms with van der Waals surface area (Å²) in [7, 11) is 0. The van der Waals surface area contributed by atoms with Crippen LogP contribution in [-0.2, 0) is 0 Å². The van der Waals surface area contributed by atoms with E-state index < -0.39 is 11.7 Å². The molecule has 1 amide bonds. The van der Waals surface area contributed by atoms with Crippen molar-refractivity contribution in [3.05, 3.63) is 59.4 Å². The van der Waals surface area contributed by atoms with Crippen molar-refractivity contribution < 1.29 is 19.0 Å². The van der Waals surface area contributed by atoms with Crippen LogP contribution in [0.15, 0.2) is 47.6 Å². The summed E-state index contributed by atoms with van der Waals surface area (Å²) in [5.74, 6) is -0.306. The zero-order valence-electron chi connectivity index (χ0n) is 14.4. The van der Waals surface area contributed by atoms with E-state index in [1.807, 2.05) is 13.8 Å². The van der Waals surface area contributed by atoms with Gasteiger partial charge in [0.15, 0.2) is 0 Å². The summed E-state index contributed by atoms with van der Waals surface area (Å²) in [4.78, 5) is 12.2. The number of benzene rings is 2. The molecule has 132 valence electrons. The van der Waals surface area contributed by atoms with Gasteiger partial charge in [0.2, 0.25) is 0 Å². The van der Waals surface area contributed by atoms with E-state index in [9.17, 15) is 14.3 Å². The number of ether oxygens (including phenoxy) is 1. The molecule has 2 aromatic carbocycles. The predicted molar refractivity (Wildman–Crippen MR) is 94.6 cm³/mol. The van der Waals surface area contributed by atoms with Crippen LogP contribution in [0.25, 0.3) is 0 Å². The Bertz CT molecular complexity index is 771. The van der Waals surface area contributed by atoms with Crippen LogP contribution < -0.4 is 10.2 Å². The molecule has 2 rings (SSSR count). The number of carbonyl (C=O) groups excluding carboxylic acids is 1. The fourth-order valence-electron chi connectivity index (χ4n) is 2.21. The van der Waals surface area contributed by atoms with Crippen molar-refractivity contribution in [3.8, 4) is 11.5 Å². The Kier molecular flexibility index (Phi) is 6.11. The maximum Gasteiger partial charge on any atom is 0.271 e. The molecule has 0 unspecified atom stereocenters. The van der Waals surface area contributed by atoms with Crippen LogP contribution in [0.4, 0.5) is 4.39 Å². The van der Waals surface area contributed by atoms with E-state index in [1.54, 1.807) is 31.2 Å². The van der Waals surface area contributed by atoms with Crippen LogP contribution in [0.3, 0.4) is 0 Å². The second kappa shape index (κ2) is 8.28. The van der Waals surface area contributed by atoms with Gasteiger partial charge in [-0.05, 0) is 62.7 Å². The molecule has 0 bridgehead atoms. The minimum Gasteiger partial charge on any atom is -0.507 e. The van der Waals surface area contributed by atoms with Gasteiger partial charge in [0.05, 0.1) is 11.8 Å². The first-order valence-corrected chi connectivity index (χ1v) is 8.03. The number of amides is 1. The monoisotopic (exact) mass is 344 g/mol. The highest BCUT2D eigenvalue weighted by Gasteiger charge is 2.11. The molecule has 0 saturated heterocycles. The van der Waals surface area contributed by atoms with Gasteiger partial charge in [-0.1, -0.05) is 6.92 Å². The molecule has 0 saturated carbocycles. The standard InChI is InChI=1S/C19H21FN2O3/c1-4-17(16-11-14(20)7-10-18(16)23)21-22-19(24)13-5-8-15(9-6-13)25-12(2)3/h5-12,23H,4H2,1-3H3,(H,22,24)/b21-17+. The quantitative estimate of drug-likeness (QED) is 0.617. The summed E-state index contributed by atoms with van der Waals surface area (Å²) in [5.41, 5.74) is 3.48. The lowest BCUT2D eigenvalue weighted by Gasteiger charge is -2.10. The molecule has 0 heterocycles. The third-order valence-electron chi connectivity index (χ3n) is 3.39. The van der Waals surface area contributed by atoms with Crippen molar-refractivity contribution in [3.63, 3.8) is 0 Å². The molecule has 5 nitrogen and oxygen atoms in total. The Morgan fingerprint density at radius 2 is 1.92 bits per heavy atom. The molecule has 0 radical (unpaired) electrons. The Morgan fingerprint density at radius 1 is 1.24 bits per heavy atom. The van der Waals surface area contributed by atoms with Gasteiger partial charge >= 0.3 is 0 Å². The minimum absolute atomic E-state index is 0.0512. The number of carbonyl (C=O) groups is 1. The Labute approximate surface area is 146 Å². The number of phenols is 1. The minimum atomic E-state index is -0.485. The predicted octanol–water partition coefficient (Wildman–Crippen LogP) is 3.86. The largest absolute Gasteiger partial charge is 0.507 e. The fourth-order valence-corrected chi connectivity index (χ4v) is 2.21. The van der Waals surface area contributed by atoms with Crippen LogP contribution in [0, 0.1) is 5.82 Å². The van der Waals surface area contributed by atoms with Crippen molar-refractivity contribution in [2.75, 3.05) is 0 Å². The van der Waals surface area contributed by atoms with Gasteiger partial charge in [-0.3, -0.25) is 4.79 Å². The van der Waals surface area contributed by atoms with Crippen LogP contribution in [0.5, 0.6) is 11.5 Å². The van der Waals surface area contributed by atoms with Crippen molar-refractivity contribution in [2.24, 2.45) is 5.10 Å². The van der Waals surface area contributed by atoms with E-state index in [0.29, 0.717) is 23.4 Å². The smallest absolute Gasteiger partial charge is 0.271 e. The van der Waals surface area contributed by atoms with E-state index in [4.69, 9.17) is 4.74 Å². The highest BCUT2D eigenvalue weighted by atomic mass is 19.1. The maximum atomic E-state index is 13.4. The van der Waals surface area contributed by atoms with Gasteiger partial charge < -0.3 is 9.84 Å². The topological polar surface area (TPSA) is 70.9 Å². The first kappa shape index (κ1) is 18.4. The van der Waals surface area contributed by atoms with Crippen molar-refractivity contribution >= 4 is 11.6 Å². The van der Waals surface area contributed by atoms with Gasteiger partial charge in [-0.2, -0.15) is 5.10 Å². The second-order valence-corrected chi connectivity index (χ2v) is 5.71. The van der Waals surface area contributed by atoms with E-state index in [-0.39, 0.29) is 17.4 Å². The third-order valence-corrected chi connectivity index (χ3v) is 3.39. The molecule has 0 aliphatic rings. The summed E-state index contributed by atoms with van der Waals surface area (Å²) in [6, 6.07) is 10.3. The number of phenolic OH excluding ortho intramolecular Hbond substituents is 1. The molecule has 0 aromatic heterocycles. The summed E-state index contributed by atoms with van der Waals surface area (Å²) in [6.45, 7) is 5.64. The lowest BCUT2D eigenvalue weighted by Crippen LogP contribution is -2.20. The SMILES string of the molecule is CC/C(=N\NC(=O)c1ccc(OC(C)C)cc1)c1cc(F)ccc1O. The van der Waals surface area contributed by atoms with E-state index in [0.717, 1.165) is 6.07 Å². The molecule has 0 atom stereocenters. The Hall–Kier alpha value is -2.89. The zero-order valence-corrected chi connectivity index (χ0v) is 14.4. The van der Waals surface area contributed by atoms with Gasteiger partial charge in [0.1, 0.15) is 17.3 Å². The number of hydrogen-bond acceptors (Lipinski definition) is 4. The lowest BCUT2D eigenvalue weighted by atomic mass is 10.1. The zero-order chi connectivity index (χ0) is 18.4. The first-order chi connectivity index (χ1) is 11.9. The molecule has 0 fully saturated rings. The van der Waals surface area contributed by atoms with Crippen molar-refractivity contribution in [1.82, 2.24) is 5.43 Å². The molecular formula is C19H21FN2O3. The molecule has 25 heavy (non-hydrogen) atoms. The molecular weight excluding hydrogens is 323 g/mol. The summed E-state index contributed by atoms with van der Waals surface area (Å²) in [5, 5.41) is 13.9. The number of nitrogens with zero attached hydrogens (tertiary/aromatic N) is 1. The second-order valence-electron chi connectivity index (χ2n) is 5.71. The van der Waals surface area contributed by atoms with Crippen LogP contribution >= 0.6 is 0 Å². The number of rotatable bonds is 6. The van der Waals surface area contributed by atoms with E-state index in [1.165, 1.54) is 12.1 Å². The van der Waals surface area contributed by atoms with Crippen LogP contribution in [0.1, 0.15) is 43.1 Å². The normalized spacial score (nSPS) is 11.5. The fraction of sp³-hybridized carbons (Fsp3) is 0.263. The first-order valence-electron chi connectivity index (χ1n) is 8.03. The molecule has 0 aliphatic heterocycles. The van der Waals surface area contributed by atoms with Gasteiger partial charge in [-0.25, -0.2) is 9.82 Å². The molecule has 2 N–H and O–H groups in total. The summed E-state index contributed by atoms with van der Waals surface area (Å²) in [6.07, 6.45) is 0.466. The summed E-state index contributed by atoms with van der Waals surface area (Å²) >= 11 is 0. The number of aromatic hydroxyl groups is 1. The van der Waals surface area contributed by atoms with Gasteiger partial charge in [-0.15, -0.1) is 0 Å². The summed E-state index contributed by atoms with van der Waals surface area (Å²) < 4.78 is 18.9. The van der Waals surface area contributed by atoms with Gasteiger partial charge in [0, 0.05) is 11.1 Å². The third kappa shape index (κ3) is 5.04. The van der Waals surface area contributed by atoms with E-state index in [2.05, 4.69) is 10.5 Å². The number of halogens is 1. The average Bonchev–Trinajstić information content (AvgIpc) is 2.58. The van der Waals surface area contributed by atoms with Crippen molar-refractivity contribution in [2.45, 2.75) is 33.3 Å². The van der Waals surface area contributed by atoms with E-state index >= 15 is 0 Å². The van der Waals surface area contributed by atoms with Crippen molar-refractivity contribution in [1.29, 1.82) is 0 Å². The Balaban J connectivity index is 2.13. The van der Waals surface area contributed by atoms with Crippen LogP contribution in [-0.4, -0.2) is 22.8 Å².